The van der Waals surface area contributed by atoms with Crippen molar-refractivity contribution in [2.75, 3.05) is 0 Å². The topological polar surface area (TPSA) is 63.7 Å². The lowest BCUT2D eigenvalue weighted by Gasteiger charge is -2.12. The van der Waals surface area contributed by atoms with Crippen molar-refractivity contribution in [3.8, 4) is 0 Å². The maximum absolute atomic E-state index is 11.6. The highest BCUT2D eigenvalue weighted by Gasteiger charge is 2.33. The molecule has 6 heteroatoms. The van der Waals surface area contributed by atoms with Crippen LogP contribution in [0.1, 0.15) is 23.2 Å². The van der Waals surface area contributed by atoms with E-state index >= 15 is 0 Å². The average Bonchev–Trinajstić information content (AvgIpc) is 2.61. The molecule has 0 N–H and O–H groups in total. The zero-order valence-corrected chi connectivity index (χ0v) is 10.8. The molecule has 17 heavy (non-hydrogen) atoms. The van der Waals surface area contributed by atoms with Gasteiger partial charge in [0.25, 0.3) is 11.8 Å². The largest absolute Gasteiger partial charge is 0.363 e. The van der Waals surface area contributed by atoms with Gasteiger partial charge >= 0.3 is 5.97 Å². The molecule has 0 aromatic heterocycles. The molecule has 0 bridgehead atoms. The summed E-state index contributed by atoms with van der Waals surface area (Å²) in [5, 5.41) is 0.542. The highest BCUT2D eigenvalue weighted by Crippen LogP contribution is 2.14. The number of carbonyl (C=O) groups excluding carboxylic acids is 3. The minimum atomic E-state index is -0.704. The first-order valence-electron chi connectivity index (χ1n) is 4.91. The first-order chi connectivity index (χ1) is 8.08. The fourth-order valence-corrected chi connectivity index (χ4v) is 1.74. The Balaban J connectivity index is 2.09. The van der Waals surface area contributed by atoms with E-state index in [-0.39, 0.29) is 12.8 Å². The summed E-state index contributed by atoms with van der Waals surface area (Å²) < 4.78 is 0.979. The van der Waals surface area contributed by atoms with Crippen LogP contribution in [-0.4, -0.2) is 22.8 Å². The van der Waals surface area contributed by atoms with Gasteiger partial charge in [0.2, 0.25) is 0 Å². The molecule has 0 unspecified atom stereocenters. The van der Waals surface area contributed by atoms with Gasteiger partial charge in [0.15, 0.2) is 0 Å². The van der Waals surface area contributed by atoms with Crippen LogP contribution in [0.3, 0.4) is 0 Å². The van der Waals surface area contributed by atoms with Gasteiger partial charge in [0.05, 0.1) is 5.56 Å². The second-order valence-electron chi connectivity index (χ2n) is 3.47. The van der Waals surface area contributed by atoms with Crippen LogP contribution in [-0.2, 0) is 14.4 Å². The number of imide groups is 1. The summed E-state index contributed by atoms with van der Waals surface area (Å²) in [6.07, 6.45) is 0.192. The van der Waals surface area contributed by atoms with Crippen LogP contribution in [0.15, 0.2) is 24.3 Å². The van der Waals surface area contributed by atoms with E-state index < -0.39 is 17.8 Å². The van der Waals surface area contributed by atoms with Crippen molar-refractivity contribution in [2.24, 2.45) is 0 Å². The van der Waals surface area contributed by atoms with Gasteiger partial charge in [0.1, 0.15) is 0 Å². The van der Waals surface area contributed by atoms with Crippen LogP contribution < -0.4 is 0 Å². The van der Waals surface area contributed by atoms with E-state index in [2.05, 4.69) is 22.6 Å². The van der Waals surface area contributed by atoms with Gasteiger partial charge in [0, 0.05) is 16.4 Å². The van der Waals surface area contributed by atoms with Crippen LogP contribution in [0.25, 0.3) is 0 Å². The van der Waals surface area contributed by atoms with Crippen molar-refractivity contribution in [3.05, 3.63) is 33.4 Å². The molecule has 0 aliphatic carbocycles. The molecule has 1 aliphatic rings. The summed E-state index contributed by atoms with van der Waals surface area (Å²) in [6.45, 7) is 0. The lowest BCUT2D eigenvalue weighted by Crippen LogP contribution is -2.32. The molecule has 0 spiro atoms. The van der Waals surface area contributed by atoms with Gasteiger partial charge in [-0.15, -0.1) is 5.06 Å². The van der Waals surface area contributed by atoms with E-state index in [1.165, 1.54) is 0 Å². The monoisotopic (exact) mass is 349 g/mol. The van der Waals surface area contributed by atoms with Crippen LogP contribution in [0, 0.1) is 3.57 Å². The Morgan fingerprint density at radius 3 is 2.18 bits per heavy atom. The van der Waals surface area contributed by atoms with E-state index in [1.54, 1.807) is 24.3 Å². The smallest absolute Gasteiger partial charge is 0.325 e. The molecule has 1 fully saturated rings. The van der Waals surface area contributed by atoms with Crippen LogP contribution in [0.4, 0.5) is 0 Å². The molecule has 1 aromatic rings. The minimum absolute atomic E-state index is 0.0960. The zero-order valence-electron chi connectivity index (χ0n) is 8.68. The standard InChI is InChI=1S/C11H8INO4/c12-8-3-1-7(2-4-8)11(16)17-13-9(14)5-6-10(13)15/h1-4H,5-6H2/i12+4. The Bertz CT molecular complexity index is 467. The van der Waals surface area contributed by atoms with Gasteiger partial charge in [-0.1, -0.05) is 0 Å². The molecule has 2 rings (SSSR count). The maximum atomic E-state index is 11.6. The van der Waals surface area contributed by atoms with Gasteiger partial charge in [-0.3, -0.25) is 9.59 Å². The number of carbonyl (C=O) groups is 3. The zero-order chi connectivity index (χ0) is 12.4. The molecule has 1 aromatic carbocycles. The van der Waals surface area contributed by atoms with Crippen molar-refractivity contribution < 1.29 is 19.2 Å². The van der Waals surface area contributed by atoms with Crippen LogP contribution in [0.2, 0.25) is 0 Å². The fourth-order valence-electron chi connectivity index (χ4n) is 1.38. The maximum Gasteiger partial charge on any atom is 0.363 e. The normalized spacial score (nSPS) is 15.2. The van der Waals surface area contributed by atoms with Gasteiger partial charge in [-0.05, 0) is 46.9 Å². The fraction of sp³-hybridized carbons (Fsp3) is 0.182. The van der Waals surface area contributed by atoms with Gasteiger partial charge in [-0.2, -0.15) is 0 Å². The molecule has 1 saturated heterocycles. The number of hydrogen-bond donors (Lipinski definition) is 0. The molecule has 0 radical (unpaired) electrons. The summed E-state index contributed by atoms with van der Waals surface area (Å²) >= 11 is 2.11. The predicted molar refractivity (Wildman–Crippen MR) is 65.7 cm³/mol. The highest BCUT2D eigenvalue weighted by atomic mass is 131. The molecular formula is C11H8INO4. The Labute approximate surface area is 111 Å². The Hall–Kier alpha value is -1.44. The number of benzene rings is 1. The second-order valence-corrected chi connectivity index (χ2v) is 4.71. The summed E-state index contributed by atoms with van der Waals surface area (Å²) in [5.41, 5.74) is 0.304. The second kappa shape index (κ2) is 4.82. The molecule has 1 aliphatic heterocycles. The summed E-state index contributed by atoms with van der Waals surface area (Å²) in [6, 6.07) is 6.64. The van der Waals surface area contributed by atoms with Crippen molar-refractivity contribution in [2.45, 2.75) is 12.8 Å². The molecule has 5 nitrogen and oxygen atoms in total. The van der Waals surface area contributed by atoms with Crippen LogP contribution >= 0.6 is 22.6 Å². The SMILES string of the molecule is O=C(ON1C(=O)CCC1=O)c1ccc([131I])cc1. The van der Waals surface area contributed by atoms with E-state index in [0.29, 0.717) is 10.6 Å². The summed E-state index contributed by atoms with van der Waals surface area (Å²) in [4.78, 5) is 38.9. The van der Waals surface area contributed by atoms with Crippen molar-refractivity contribution in [3.63, 3.8) is 0 Å². The number of halogens is 1. The molecule has 2 amide bonds. The number of hydroxylamine groups is 2. The predicted octanol–water partition coefficient (Wildman–Crippen LogP) is 1.51. The third-order valence-corrected chi connectivity index (χ3v) is 2.98. The highest BCUT2D eigenvalue weighted by molar-refractivity contribution is 14.1. The van der Waals surface area contributed by atoms with Crippen molar-refractivity contribution in [1.82, 2.24) is 5.06 Å². The summed E-state index contributed by atoms with van der Waals surface area (Å²) in [5.74, 6) is -1.66. The first-order valence-corrected chi connectivity index (χ1v) is 5.99. The molecular weight excluding hydrogens is 341 g/mol. The van der Waals surface area contributed by atoms with Gasteiger partial charge in [-0.25, -0.2) is 4.79 Å². The van der Waals surface area contributed by atoms with E-state index in [1.807, 2.05) is 0 Å². The lowest BCUT2D eigenvalue weighted by molar-refractivity contribution is -0.172. The molecule has 0 saturated carbocycles. The van der Waals surface area contributed by atoms with Crippen molar-refractivity contribution in [1.29, 1.82) is 0 Å². The number of amides is 2. The third kappa shape index (κ3) is 2.63. The Morgan fingerprint density at radius 2 is 1.65 bits per heavy atom. The van der Waals surface area contributed by atoms with E-state index in [4.69, 9.17) is 4.84 Å². The van der Waals surface area contributed by atoms with E-state index in [0.717, 1.165) is 3.57 Å². The van der Waals surface area contributed by atoms with Crippen molar-refractivity contribution >= 4 is 40.4 Å². The van der Waals surface area contributed by atoms with Gasteiger partial charge < -0.3 is 4.84 Å². The summed E-state index contributed by atoms with van der Waals surface area (Å²) in [7, 11) is 0. The molecule has 0 atom stereocenters. The van der Waals surface area contributed by atoms with Crippen LogP contribution in [0.5, 0.6) is 0 Å². The Morgan fingerprint density at radius 1 is 1.12 bits per heavy atom. The molecule has 1 heterocycles. The molecule has 88 valence electrons. The Kier molecular flexibility index (Phi) is 3.41. The first kappa shape index (κ1) is 12.0. The quantitative estimate of drug-likeness (QED) is 0.600. The lowest BCUT2D eigenvalue weighted by atomic mass is 10.2. The third-order valence-electron chi connectivity index (χ3n) is 2.26. The minimum Gasteiger partial charge on any atom is -0.325 e. The van der Waals surface area contributed by atoms with E-state index in [9.17, 15) is 14.4 Å². The average molecular weight is 349 g/mol. The number of hydrogen-bond acceptors (Lipinski definition) is 4. The number of rotatable bonds is 2. The number of nitrogens with zero attached hydrogens (tertiary/aromatic N) is 1.